The molecular weight excluding hydrogens is 411 g/mol. The summed E-state index contributed by atoms with van der Waals surface area (Å²) in [6, 6.07) is 0.934. The molecule has 1 atom stereocenters. The van der Waals surface area contributed by atoms with Gasteiger partial charge in [0.1, 0.15) is 0 Å². The minimum atomic E-state index is -6.30. The van der Waals surface area contributed by atoms with E-state index in [1.54, 1.807) is 0 Å². The summed E-state index contributed by atoms with van der Waals surface area (Å²) in [5.41, 5.74) is -12.7. The average molecular weight is 424 g/mol. The van der Waals surface area contributed by atoms with E-state index in [9.17, 15) is 49.4 Å². The Morgan fingerprint density at radius 1 is 0.929 bits per heavy atom. The van der Waals surface area contributed by atoms with Crippen LogP contribution in [-0.2, 0) is 20.7 Å². The highest BCUT2D eigenvalue weighted by Gasteiger charge is 2.71. The molecule has 1 rings (SSSR count). The van der Waals surface area contributed by atoms with Crippen molar-refractivity contribution in [1.82, 2.24) is 0 Å². The molecule has 1 aromatic carbocycles. The minimum Gasteiger partial charge on any atom is -0.441 e. The Bertz CT molecular complexity index is 748. The van der Waals surface area contributed by atoms with Gasteiger partial charge in [0.2, 0.25) is 5.60 Å². The van der Waals surface area contributed by atoms with Crippen molar-refractivity contribution >= 4 is 5.97 Å². The van der Waals surface area contributed by atoms with Crippen LogP contribution in [0.2, 0.25) is 0 Å². The van der Waals surface area contributed by atoms with Gasteiger partial charge in [-0.3, -0.25) is 0 Å². The summed E-state index contributed by atoms with van der Waals surface area (Å²) >= 11 is 0. The number of hydrogen-bond donors (Lipinski definition) is 1. The monoisotopic (exact) mass is 424 g/mol. The number of ether oxygens (including phenoxy) is 1. The van der Waals surface area contributed by atoms with Crippen LogP contribution in [-0.4, -0.2) is 29.6 Å². The third kappa shape index (κ3) is 3.96. The van der Waals surface area contributed by atoms with Crippen LogP contribution in [0.4, 0.5) is 39.5 Å². The fourth-order valence-electron chi connectivity index (χ4n) is 2.08. The maximum Gasteiger partial charge on any atom is 0.432 e. The van der Waals surface area contributed by atoms with E-state index < -0.39 is 52.4 Å². The molecular formula is C16H13F9O3. The van der Waals surface area contributed by atoms with Crippen molar-refractivity contribution < 1.29 is 54.2 Å². The first-order valence-electron chi connectivity index (χ1n) is 7.21. The highest BCUT2D eigenvalue weighted by Crippen LogP contribution is 2.51. The summed E-state index contributed by atoms with van der Waals surface area (Å²) in [4.78, 5) is 11.5. The van der Waals surface area contributed by atoms with Crippen LogP contribution in [0.5, 0.6) is 0 Å². The number of aliphatic hydroxyl groups is 1. The van der Waals surface area contributed by atoms with Crippen LogP contribution in [0.15, 0.2) is 36.4 Å². The van der Waals surface area contributed by atoms with Gasteiger partial charge in [-0.15, -0.1) is 0 Å². The van der Waals surface area contributed by atoms with Gasteiger partial charge in [0.15, 0.2) is 0 Å². The number of halogens is 9. The van der Waals surface area contributed by atoms with Crippen molar-refractivity contribution in [3.05, 3.63) is 47.5 Å². The molecule has 0 aliphatic heterocycles. The summed E-state index contributed by atoms with van der Waals surface area (Å²) < 4.78 is 123. The number of rotatable bonds is 4. The molecule has 1 unspecified atom stereocenters. The molecule has 28 heavy (non-hydrogen) atoms. The molecule has 1 N–H and O–H groups in total. The van der Waals surface area contributed by atoms with Crippen LogP contribution in [0.3, 0.4) is 0 Å². The largest absolute Gasteiger partial charge is 0.441 e. The molecule has 158 valence electrons. The molecule has 0 amide bonds. The lowest BCUT2D eigenvalue weighted by Gasteiger charge is -2.35. The summed E-state index contributed by atoms with van der Waals surface area (Å²) in [7, 11) is 0. The zero-order chi connectivity index (χ0) is 22.3. The Morgan fingerprint density at radius 2 is 1.36 bits per heavy atom. The standard InChI is InChI=1S/C16H13F9O3/c1-8(2)11(26)28-12(3,14(17,18)19)9-5-4-6-10(7-9)13(27,15(20,21)22)16(23,24)25/h4-7,27H,1H2,2-3H3. The second-order valence-electron chi connectivity index (χ2n) is 5.99. The van der Waals surface area contributed by atoms with E-state index in [1.165, 1.54) is 0 Å². The molecule has 1 aromatic rings. The Morgan fingerprint density at radius 3 is 1.71 bits per heavy atom. The SMILES string of the molecule is C=C(C)C(=O)OC(C)(c1cccc(C(O)(C(F)(F)F)C(F)(F)F)c1)C(F)(F)F. The molecule has 0 aromatic heterocycles. The third-order valence-electron chi connectivity index (χ3n) is 3.84. The van der Waals surface area contributed by atoms with E-state index >= 15 is 0 Å². The first-order valence-corrected chi connectivity index (χ1v) is 7.21. The van der Waals surface area contributed by atoms with Crippen molar-refractivity contribution in [3.8, 4) is 0 Å². The lowest BCUT2D eigenvalue weighted by Crippen LogP contribution is -2.54. The lowest BCUT2D eigenvalue weighted by atomic mass is 9.86. The molecule has 0 bridgehead atoms. The quantitative estimate of drug-likeness (QED) is 0.425. The van der Waals surface area contributed by atoms with E-state index in [0.29, 0.717) is 12.1 Å². The van der Waals surface area contributed by atoms with Gasteiger partial charge < -0.3 is 9.84 Å². The fraction of sp³-hybridized carbons (Fsp3) is 0.438. The van der Waals surface area contributed by atoms with Crippen LogP contribution in [0.25, 0.3) is 0 Å². The highest BCUT2D eigenvalue weighted by atomic mass is 19.4. The highest BCUT2D eigenvalue weighted by molar-refractivity contribution is 5.87. The molecule has 0 spiro atoms. The molecule has 0 fully saturated rings. The van der Waals surface area contributed by atoms with Gasteiger partial charge in [-0.1, -0.05) is 24.8 Å². The van der Waals surface area contributed by atoms with Gasteiger partial charge in [-0.05, 0) is 19.9 Å². The van der Waals surface area contributed by atoms with Gasteiger partial charge in [0.25, 0.3) is 5.60 Å². The van der Waals surface area contributed by atoms with Gasteiger partial charge in [-0.25, -0.2) is 4.79 Å². The second-order valence-corrected chi connectivity index (χ2v) is 5.99. The second kappa shape index (κ2) is 6.98. The van der Waals surface area contributed by atoms with Crippen molar-refractivity contribution in [1.29, 1.82) is 0 Å². The zero-order valence-corrected chi connectivity index (χ0v) is 14.2. The normalized spacial score (nSPS) is 15.7. The van der Waals surface area contributed by atoms with Crippen molar-refractivity contribution in [2.24, 2.45) is 0 Å². The van der Waals surface area contributed by atoms with Gasteiger partial charge in [-0.2, -0.15) is 39.5 Å². The maximum absolute atomic E-state index is 13.5. The molecule has 3 nitrogen and oxygen atoms in total. The first-order chi connectivity index (χ1) is 12.3. The van der Waals surface area contributed by atoms with Crippen LogP contribution in [0, 0.1) is 0 Å². The summed E-state index contributed by atoms with van der Waals surface area (Å²) in [5, 5.41) is 9.37. The topological polar surface area (TPSA) is 46.5 Å². The van der Waals surface area contributed by atoms with Gasteiger partial charge >= 0.3 is 24.5 Å². The van der Waals surface area contributed by atoms with E-state index in [-0.39, 0.29) is 19.1 Å². The van der Waals surface area contributed by atoms with Crippen LogP contribution < -0.4 is 0 Å². The smallest absolute Gasteiger partial charge is 0.432 e. The van der Waals surface area contributed by atoms with Crippen molar-refractivity contribution in [2.45, 2.75) is 43.6 Å². The predicted octanol–water partition coefficient (Wildman–Crippen LogP) is 4.90. The van der Waals surface area contributed by atoms with E-state index in [0.717, 1.165) is 6.92 Å². The Kier molecular flexibility index (Phi) is 5.93. The fourth-order valence-corrected chi connectivity index (χ4v) is 2.08. The summed E-state index contributed by atoms with van der Waals surface area (Å²) in [6.07, 6.45) is -18.0. The molecule has 12 heteroatoms. The lowest BCUT2D eigenvalue weighted by molar-refractivity contribution is -0.376. The van der Waals surface area contributed by atoms with E-state index in [4.69, 9.17) is 0 Å². The number of hydrogen-bond acceptors (Lipinski definition) is 3. The van der Waals surface area contributed by atoms with E-state index in [2.05, 4.69) is 11.3 Å². The average Bonchev–Trinajstić information content (AvgIpc) is 2.50. The molecule has 0 heterocycles. The number of alkyl halides is 9. The molecule has 0 aliphatic carbocycles. The number of benzene rings is 1. The number of esters is 1. The van der Waals surface area contributed by atoms with Crippen LogP contribution >= 0.6 is 0 Å². The zero-order valence-electron chi connectivity index (χ0n) is 14.2. The first kappa shape index (κ1) is 23.8. The summed E-state index contributed by atoms with van der Waals surface area (Å²) in [6.45, 7) is 4.29. The van der Waals surface area contributed by atoms with Gasteiger partial charge in [0.05, 0.1) is 0 Å². The van der Waals surface area contributed by atoms with E-state index in [1.807, 2.05) is 0 Å². The van der Waals surface area contributed by atoms with Gasteiger partial charge in [0, 0.05) is 16.7 Å². The summed E-state index contributed by atoms with van der Waals surface area (Å²) in [5.74, 6) is -1.58. The Hall–Kier alpha value is -2.24. The number of carbonyl (C=O) groups is 1. The minimum absolute atomic E-state index is 0.155. The number of carbonyl (C=O) groups excluding carboxylic acids is 1. The predicted molar refractivity (Wildman–Crippen MR) is 76.8 cm³/mol. The molecule has 0 aliphatic rings. The molecule has 0 radical (unpaired) electrons. The van der Waals surface area contributed by atoms with Crippen LogP contribution in [0.1, 0.15) is 25.0 Å². The third-order valence-corrected chi connectivity index (χ3v) is 3.84. The molecule has 0 saturated carbocycles. The maximum atomic E-state index is 13.5. The molecule has 0 saturated heterocycles. The van der Waals surface area contributed by atoms with Crippen molar-refractivity contribution in [2.75, 3.05) is 0 Å². The Balaban J connectivity index is 3.72. The Labute approximate surface area is 152 Å². The van der Waals surface area contributed by atoms with Crippen molar-refractivity contribution in [3.63, 3.8) is 0 Å².